The van der Waals surface area contributed by atoms with Gasteiger partial charge in [-0.15, -0.1) is 11.3 Å². The van der Waals surface area contributed by atoms with Crippen LogP contribution in [0.1, 0.15) is 11.3 Å². The third kappa shape index (κ3) is 2.94. The van der Waals surface area contributed by atoms with E-state index in [9.17, 15) is 0 Å². The SMILES string of the molecule is Cc1csc(Nc2ccc(C(N)=S)c(Cl)c2)n1. The number of hydrogen-bond acceptors (Lipinski definition) is 4. The van der Waals surface area contributed by atoms with E-state index < -0.39 is 0 Å². The summed E-state index contributed by atoms with van der Waals surface area (Å²) in [6.07, 6.45) is 0. The van der Waals surface area contributed by atoms with Gasteiger partial charge in [-0.1, -0.05) is 23.8 Å². The van der Waals surface area contributed by atoms with Gasteiger partial charge in [0.2, 0.25) is 0 Å². The Morgan fingerprint density at radius 1 is 1.53 bits per heavy atom. The molecular formula is C11H10ClN3S2. The maximum absolute atomic E-state index is 6.07. The van der Waals surface area contributed by atoms with E-state index in [2.05, 4.69) is 10.3 Å². The van der Waals surface area contributed by atoms with Crippen LogP contribution in [0.3, 0.4) is 0 Å². The molecule has 0 fully saturated rings. The number of nitrogens with one attached hydrogen (secondary N) is 1. The van der Waals surface area contributed by atoms with Gasteiger partial charge in [0, 0.05) is 16.6 Å². The van der Waals surface area contributed by atoms with E-state index in [1.807, 2.05) is 18.4 Å². The van der Waals surface area contributed by atoms with Crippen molar-refractivity contribution >= 4 is 51.0 Å². The van der Waals surface area contributed by atoms with Crippen molar-refractivity contribution in [2.45, 2.75) is 6.92 Å². The molecule has 0 aliphatic heterocycles. The molecule has 1 aromatic heterocycles. The van der Waals surface area contributed by atoms with Gasteiger partial charge in [0.1, 0.15) is 4.99 Å². The number of nitrogens with two attached hydrogens (primary N) is 1. The minimum Gasteiger partial charge on any atom is -0.389 e. The molecule has 1 aromatic carbocycles. The molecule has 1 heterocycles. The molecule has 0 aliphatic carbocycles. The number of hydrogen-bond donors (Lipinski definition) is 2. The highest BCUT2D eigenvalue weighted by Gasteiger charge is 2.05. The second kappa shape index (κ2) is 5.00. The standard InChI is InChI=1S/C11H10ClN3S2/c1-6-5-17-11(14-6)15-7-2-3-8(10(13)16)9(12)4-7/h2-5H,1H3,(H2,13,16)(H,14,15). The topological polar surface area (TPSA) is 50.9 Å². The molecule has 3 N–H and O–H groups in total. The molecular weight excluding hydrogens is 274 g/mol. The summed E-state index contributed by atoms with van der Waals surface area (Å²) >= 11 is 12.5. The molecule has 0 atom stereocenters. The number of benzene rings is 1. The molecule has 0 spiro atoms. The normalized spacial score (nSPS) is 10.2. The van der Waals surface area contributed by atoms with E-state index in [4.69, 9.17) is 29.6 Å². The number of thiazole rings is 1. The fourth-order valence-corrected chi connectivity index (χ4v) is 2.55. The molecule has 0 aliphatic rings. The number of rotatable bonds is 3. The first-order valence-electron chi connectivity index (χ1n) is 4.85. The van der Waals surface area contributed by atoms with E-state index >= 15 is 0 Å². The lowest BCUT2D eigenvalue weighted by molar-refractivity contribution is 1.26. The summed E-state index contributed by atoms with van der Waals surface area (Å²) in [7, 11) is 0. The van der Waals surface area contributed by atoms with Gasteiger partial charge in [0.25, 0.3) is 0 Å². The van der Waals surface area contributed by atoms with Gasteiger partial charge in [-0.05, 0) is 25.1 Å². The zero-order valence-electron chi connectivity index (χ0n) is 9.03. The number of aromatic nitrogens is 1. The number of halogens is 1. The minimum atomic E-state index is 0.298. The molecule has 0 saturated heterocycles. The molecule has 0 bridgehead atoms. The molecule has 0 saturated carbocycles. The largest absolute Gasteiger partial charge is 0.389 e. The van der Waals surface area contributed by atoms with Gasteiger partial charge < -0.3 is 11.1 Å². The molecule has 0 unspecified atom stereocenters. The molecule has 2 aromatic rings. The number of nitrogens with zero attached hydrogens (tertiary/aromatic N) is 1. The van der Waals surface area contributed by atoms with E-state index in [-0.39, 0.29) is 0 Å². The second-order valence-corrected chi connectivity index (χ2v) is 5.18. The summed E-state index contributed by atoms with van der Waals surface area (Å²) in [6.45, 7) is 1.95. The number of aryl methyl sites for hydroxylation is 1. The number of thiocarbonyl (C=S) groups is 1. The predicted octanol–water partition coefficient (Wildman–Crippen LogP) is 3.48. The summed E-state index contributed by atoms with van der Waals surface area (Å²) in [5.41, 5.74) is 8.07. The van der Waals surface area contributed by atoms with Crippen LogP contribution in [0.5, 0.6) is 0 Å². The Hall–Kier alpha value is -1.17. The smallest absolute Gasteiger partial charge is 0.187 e. The fourth-order valence-electron chi connectivity index (χ4n) is 1.33. The lowest BCUT2D eigenvalue weighted by Crippen LogP contribution is -2.09. The third-order valence-corrected chi connectivity index (χ3v) is 3.51. The highest BCUT2D eigenvalue weighted by molar-refractivity contribution is 7.80. The highest BCUT2D eigenvalue weighted by Crippen LogP contribution is 2.25. The van der Waals surface area contributed by atoms with Crippen LogP contribution in [0.25, 0.3) is 0 Å². The minimum absolute atomic E-state index is 0.298. The van der Waals surface area contributed by atoms with Crippen molar-refractivity contribution in [2.24, 2.45) is 5.73 Å². The summed E-state index contributed by atoms with van der Waals surface area (Å²) in [5.74, 6) is 0. The Bertz CT molecular complexity index is 566. The van der Waals surface area contributed by atoms with Gasteiger partial charge in [-0.2, -0.15) is 0 Å². The van der Waals surface area contributed by atoms with Gasteiger partial charge in [-0.3, -0.25) is 0 Å². The lowest BCUT2D eigenvalue weighted by atomic mass is 10.2. The van der Waals surface area contributed by atoms with Crippen molar-refractivity contribution in [1.29, 1.82) is 0 Å². The molecule has 17 heavy (non-hydrogen) atoms. The third-order valence-electron chi connectivity index (χ3n) is 2.10. The summed E-state index contributed by atoms with van der Waals surface area (Å²) in [6, 6.07) is 5.46. The van der Waals surface area contributed by atoms with Crippen LogP contribution in [-0.4, -0.2) is 9.97 Å². The highest BCUT2D eigenvalue weighted by atomic mass is 35.5. The second-order valence-electron chi connectivity index (χ2n) is 3.48. The van der Waals surface area contributed by atoms with Crippen molar-refractivity contribution in [2.75, 3.05) is 5.32 Å². The first-order chi connectivity index (χ1) is 8.06. The van der Waals surface area contributed by atoms with E-state index in [0.717, 1.165) is 16.5 Å². The zero-order chi connectivity index (χ0) is 12.4. The van der Waals surface area contributed by atoms with Crippen LogP contribution in [-0.2, 0) is 0 Å². The molecule has 0 radical (unpaired) electrons. The summed E-state index contributed by atoms with van der Waals surface area (Å²) < 4.78 is 0. The summed E-state index contributed by atoms with van der Waals surface area (Å²) in [4.78, 5) is 4.60. The van der Waals surface area contributed by atoms with Crippen molar-refractivity contribution in [3.63, 3.8) is 0 Å². The number of anilines is 2. The van der Waals surface area contributed by atoms with Gasteiger partial charge in [0.05, 0.1) is 10.7 Å². The maximum atomic E-state index is 6.07. The first kappa shape index (κ1) is 12.3. The maximum Gasteiger partial charge on any atom is 0.187 e. The predicted molar refractivity (Wildman–Crippen MR) is 77.5 cm³/mol. The average Bonchev–Trinajstić information content (AvgIpc) is 2.63. The van der Waals surface area contributed by atoms with Crippen molar-refractivity contribution in [3.8, 4) is 0 Å². The Morgan fingerprint density at radius 3 is 2.82 bits per heavy atom. The summed E-state index contributed by atoms with van der Waals surface area (Å²) in [5, 5.41) is 6.52. The first-order valence-corrected chi connectivity index (χ1v) is 6.51. The fraction of sp³-hybridized carbons (Fsp3) is 0.0909. The Labute approximate surface area is 114 Å². The molecule has 6 heteroatoms. The van der Waals surface area contributed by atoms with Crippen LogP contribution >= 0.6 is 35.2 Å². The van der Waals surface area contributed by atoms with E-state index in [0.29, 0.717) is 15.6 Å². The average molecular weight is 284 g/mol. The Kier molecular flexibility index (Phi) is 3.61. The van der Waals surface area contributed by atoms with E-state index in [1.165, 1.54) is 0 Å². The molecule has 88 valence electrons. The van der Waals surface area contributed by atoms with Gasteiger partial charge in [-0.25, -0.2) is 4.98 Å². The van der Waals surface area contributed by atoms with Crippen LogP contribution in [0.2, 0.25) is 5.02 Å². The molecule has 3 nitrogen and oxygen atoms in total. The Morgan fingerprint density at radius 2 is 2.29 bits per heavy atom. The molecule has 2 rings (SSSR count). The molecule has 0 amide bonds. The van der Waals surface area contributed by atoms with E-state index in [1.54, 1.807) is 23.5 Å². The quantitative estimate of drug-likeness (QED) is 0.847. The van der Waals surface area contributed by atoms with Gasteiger partial charge >= 0.3 is 0 Å². The zero-order valence-corrected chi connectivity index (χ0v) is 11.4. The van der Waals surface area contributed by atoms with Crippen LogP contribution < -0.4 is 11.1 Å². The Balaban J connectivity index is 2.23. The monoisotopic (exact) mass is 283 g/mol. The van der Waals surface area contributed by atoms with Crippen molar-refractivity contribution in [3.05, 3.63) is 39.9 Å². The van der Waals surface area contributed by atoms with Crippen LogP contribution in [0.15, 0.2) is 23.6 Å². The van der Waals surface area contributed by atoms with Crippen molar-refractivity contribution in [1.82, 2.24) is 4.98 Å². The van der Waals surface area contributed by atoms with Gasteiger partial charge in [0.15, 0.2) is 5.13 Å². The van der Waals surface area contributed by atoms with Crippen LogP contribution in [0.4, 0.5) is 10.8 Å². The van der Waals surface area contributed by atoms with Crippen molar-refractivity contribution < 1.29 is 0 Å². The lowest BCUT2D eigenvalue weighted by Gasteiger charge is -2.06. The van der Waals surface area contributed by atoms with Crippen LogP contribution in [0, 0.1) is 6.92 Å².